The number of aliphatic hydroxyl groups is 1. The highest BCUT2D eigenvalue weighted by atomic mass is 31.0. The third kappa shape index (κ3) is 2.06. The van der Waals surface area contributed by atoms with Gasteiger partial charge in [-0.1, -0.05) is 12.8 Å². The summed E-state index contributed by atoms with van der Waals surface area (Å²) in [4.78, 5) is 0. The summed E-state index contributed by atoms with van der Waals surface area (Å²) in [7, 11) is 2.55. The van der Waals surface area contributed by atoms with Crippen LogP contribution in [-0.4, -0.2) is 22.5 Å². The zero-order valence-corrected chi connectivity index (χ0v) is 9.45. The maximum absolute atomic E-state index is 9.86. The van der Waals surface area contributed by atoms with Crippen molar-refractivity contribution in [1.29, 1.82) is 0 Å². The van der Waals surface area contributed by atoms with E-state index in [9.17, 15) is 5.11 Å². The van der Waals surface area contributed by atoms with Crippen molar-refractivity contribution < 1.29 is 5.11 Å². The summed E-state index contributed by atoms with van der Waals surface area (Å²) in [5.74, 6) is 0.825. The molecule has 1 saturated heterocycles. The van der Waals surface area contributed by atoms with Gasteiger partial charge in [0.1, 0.15) is 0 Å². The van der Waals surface area contributed by atoms with Crippen molar-refractivity contribution in [3.8, 4) is 0 Å². The minimum Gasteiger partial charge on any atom is -0.385 e. The van der Waals surface area contributed by atoms with Gasteiger partial charge in [0.2, 0.25) is 0 Å². The minimum absolute atomic E-state index is 0.283. The number of hydrogen-bond donors (Lipinski definition) is 2. The second-order valence-corrected chi connectivity index (χ2v) is 6.00. The summed E-state index contributed by atoms with van der Waals surface area (Å²) in [5, 5.41) is 12.8. The van der Waals surface area contributed by atoms with Crippen molar-refractivity contribution in [2.75, 3.05) is 0 Å². The highest BCUT2D eigenvalue weighted by Crippen LogP contribution is 2.37. The van der Waals surface area contributed by atoms with Gasteiger partial charge in [-0.2, -0.15) is 0 Å². The average molecular weight is 201 g/mol. The second kappa shape index (κ2) is 3.49. The Morgan fingerprint density at radius 1 is 1.38 bits per heavy atom. The number of fused-ring (bicyclic) bond motifs is 1. The monoisotopic (exact) mass is 201 g/mol. The largest absolute Gasteiger partial charge is 0.385 e. The lowest BCUT2D eigenvalue weighted by atomic mass is 9.85. The van der Waals surface area contributed by atoms with Crippen LogP contribution >= 0.6 is 9.24 Å². The van der Waals surface area contributed by atoms with Crippen LogP contribution in [0.5, 0.6) is 0 Å². The number of nitrogens with one attached hydrogen (secondary N) is 1. The van der Waals surface area contributed by atoms with Crippen molar-refractivity contribution in [2.45, 2.75) is 56.5 Å². The summed E-state index contributed by atoms with van der Waals surface area (Å²) in [6, 6.07) is 0.969. The van der Waals surface area contributed by atoms with E-state index in [-0.39, 0.29) is 6.04 Å². The van der Waals surface area contributed by atoms with E-state index in [0.29, 0.717) is 6.04 Å². The Balaban J connectivity index is 1.99. The van der Waals surface area contributed by atoms with Crippen LogP contribution in [0.2, 0.25) is 0 Å². The second-order valence-electron chi connectivity index (χ2n) is 4.83. The zero-order valence-electron chi connectivity index (χ0n) is 8.29. The lowest BCUT2D eigenvalue weighted by Gasteiger charge is -2.26. The molecule has 0 radical (unpaired) electrons. The zero-order chi connectivity index (χ0) is 9.47. The third-order valence-corrected chi connectivity index (χ3v) is 3.97. The van der Waals surface area contributed by atoms with Crippen LogP contribution in [0.3, 0.4) is 0 Å². The highest BCUT2D eigenvalue weighted by Gasteiger charge is 2.40. The molecule has 1 aliphatic heterocycles. The van der Waals surface area contributed by atoms with Crippen molar-refractivity contribution in [3.05, 3.63) is 0 Å². The quantitative estimate of drug-likeness (QED) is 0.630. The third-order valence-electron chi connectivity index (χ3n) is 3.57. The average Bonchev–Trinajstić information content (AvgIpc) is 2.45. The van der Waals surface area contributed by atoms with E-state index in [0.717, 1.165) is 12.3 Å². The Hall–Kier alpha value is 0.350. The highest BCUT2D eigenvalue weighted by molar-refractivity contribution is 7.18. The fourth-order valence-corrected chi connectivity index (χ4v) is 2.98. The van der Waals surface area contributed by atoms with Gasteiger partial charge in [0.25, 0.3) is 0 Å². The van der Waals surface area contributed by atoms with Crippen LogP contribution in [0.4, 0.5) is 0 Å². The van der Waals surface area contributed by atoms with Gasteiger partial charge in [0, 0.05) is 12.1 Å². The Morgan fingerprint density at radius 3 is 2.69 bits per heavy atom. The van der Waals surface area contributed by atoms with Gasteiger partial charge >= 0.3 is 0 Å². The van der Waals surface area contributed by atoms with Crippen LogP contribution < -0.4 is 5.32 Å². The smallest absolute Gasteiger partial charge is 0.0902 e. The summed E-state index contributed by atoms with van der Waals surface area (Å²) in [6.45, 7) is 1.88. The predicted molar refractivity (Wildman–Crippen MR) is 57.6 cm³/mol. The summed E-state index contributed by atoms with van der Waals surface area (Å²) in [5.41, 5.74) is 0. The first-order chi connectivity index (χ1) is 6.07. The standard InChI is InChI=1S/C10H20NOP/c1-10(12,13)9-6-7-4-2-3-5-8(7)11-9/h7-9,11-12H,2-6,13H2,1H3/t7-,8-,9-,10+/m0/s1. The van der Waals surface area contributed by atoms with Gasteiger partial charge in [-0.25, -0.2) is 0 Å². The minimum atomic E-state index is -0.628. The molecule has 2 nitrogen and oxygen atoms in total. The molecule has 1 saturated carbocycles. The normalized spacial score (nSPS) is 44.1. The molecule has 5 atom stereocenters. The molecule has 0 spiro atoms. The van der Waals surface area contributed by atoms with Crippen LogP contribution in [0.15, 0.2) is 0 Å². The predicted octanol–water partition coefficient (Wildman–Crippen LogP) is 1.49. The summed E-state index contributed by atoms with van der Waals surface area (Å²) < 4.78 is 0. The Labute approximate surface area is 82.7 Å². The van der Waals surface area contributed by atoms with E-state index >= 15 is 0 Å². The Bertz CT molecular complexity index is 176. The van der Waals surface area contributed by atoms with E-state index in [2.05, 4.69) is 14.6 Å². The SMILES string of the molecule is C[C@@](O)(P)[C@@H]1C[C@@H]2CCCC[C@@H]2N1. The topological polar surface area (TPSA) is 32.3 Å². The molecule has 0 aromatic carbocycles. The molecule has 0 aromatic heterocycles. The van der Waals surface area contributed by atoms with Crippen LogP contribution in [0.25, 0.3) is 0 Å². The van der Waals surface area contributed by atoms with Gasteiger partial charge in [0.15, 0.2) is 0 Å². The molecule has 1 aliphatic carbocycles. The fraction of sp³-hybridized carbons (Fsp3) is 1.00. The first kappa shape index (κ1) is 9.89. The molecule has 1 unspecified atom stereocenters. The van der Waals surface area contributed by atoms with E-state index in [4.69, 9.17) is 0 Å². The molecule has 1 heterocycles. The summed E-state index contributed by atoms with van der Waals surface area (Å²) in [6.07, 6.45) is 6.56. The number of rotatable bonds is 1. The Kier molecular flexibility index (Phi) is 2.65. The fourth-order valence-electron chi connectivity index (χ4n) is 2.75. The lowest BCUT2D eigenvalue weighted by molar-refractivity contribution is 0.114. The maximum Gasteiger partial charge on any atom is 0.0902 e. The molecule has 0 aromatic rings. The van der Waals surface area contributed by atoms with Crippen molar-refractivity contribution in [1.82, 2.24) is 5.32 Å². The van der Waals surface area contributed by atoms with Gasteiger partial charge in [-0.3, -0.25) is 0 Å². The van der Waals surface area contributed by atoms with Gasteiger partial charge < -0.3 is 10.4 Å². The van der Waals surface area contributed by atoms with E-state index in [1.165, 1.54) is 25.7 Å². The molecule has 2 fully saturated rings. The molecular formula is C10H20NOP. The van der Waals surface area contributed by atoms with Crippen LogP contribution in [0.1, 0.15) is 39.0 Å². The van der Waals surface area contributed by atoms with E-state index < -0.39 is 5.34 Å². The van der Waals surface area contributed by atoms with E-state index in [1.54, 1.807) is 0 Å². The van der Waals surface area contributed by atoms with Crippen LogP contribution in [-0.2, 0) is 0 Å². The first-order valence-corrected chi connectivity index (χ1v) is 5.92. The van der Waals surface area contributed by atoms with Gasteiger partial charge in [-0.15, -0.1) is 9.24 Å². The molecule has 13 heavy (non-hydrogen) atoms. The van der Waals surface area contributed by atoms with Crippen molar-refractivity contribution >= 4 is 9.24 Å². The maximum atomic E-state index is 9.86. The van der Waals surface area contributed by atoms with Crippen molar-refractivity contribution in [2.24, 2.45) is 5.92 Å². The van der Waals surface area contributed by atoms with Crippen molar-refractivity contribution in [3.63, 3.8) is 0 Å². The van der Waals surface area contributed by atoms with Gasteiger partial charge in [0.05, 0.1) is 5.34 Å². The summed E-state index contributed by atoms with van der Waals surface area (Å²) >= 11 is 0. The molecule has 0 bridgehead atoms. The number of hydrogen-bond acceptors (Lipinski definition) is 2. The molecular weight excluding hydrogens is 181 g/mol. The molecule has 2 N–H and O–H groups in total. The molecule has 0 amide bonds. The lowest BCUT2D eigenvalue weighted by Crippen LogP contribution is -2.43. The van der Waals surface area contributed by atoms with Gasteiger partial charge in [-0.05, 0) is 32.1 Å². The first-order valence-electron chi connectivity index (χ1n) is 5.34. The molecule has 76 valence electrons. The van der Waals surface area contributed by atoms with E-state index in [1.807, 2.05) is 6.92 Å². The molecule has 2 rings (SSSR count). The molecule has 2 aliphatic rings. The molecule has 3 heteroatoms. The Morgan fingerprint density at radius 2 is 2.08 bits per heavy atom. The van der Waals surface area contributed by atoms with Crippen LogP contribution in [0, 0.1) is 5.92 Å².